The molecule has 6 aromatic rings. The van der Waals surface area contributed by atoms with E-state index in [1.807, 2.05) is 103 Å². The quantitative estimate of drug-likeness (QED) is 0.162. The molecule has 0 unspecified atom stereocenters. The molecule has 0 aliphatic heterocycles. The maximum absolute atomic E-state index is 12.0. The molecular formula is C37H35N3O5S. The molecule has 6 rings (SSSR count). The molecule has 0 fully saturated rings. The minimum atomic E-state index is -3.13. The van der Waals surface area contributed by atoms with Crippen molar-refractivity contribution in [3.05, 3.63) is 126 Å². The monoisotopic (exact) mass is 633 g/mol. The maximum atomic E-state index is 12.0. The minimum Gasteiger partial charge on any atom is -0.487 e. The number of carboxylic acids is 1. The van der Waals surface area contributed by atoms with Gasteiger partial charge in [0.25, 0.3) is 0 Å². The van der Waals surface area contributed by atoms with Crippen molar-refractivity contribution in [1.82, 2.24) is 14.5 Å². The van der Waals surface area contributed by atoms with E-state index in [9.17, 15) is 18.3 Å². The summed E-state index contributed by atoms with van der Waals surface area (Å²) < 4.78 is 31.8. The summed E-state index contributed by atoms with van der Waals surface area (Å²) in [7, 11) is -3.13. The van der Waals surface area contributed by atoms with Crippen LogP contribution in [-0.2, 0) is 40.0 Å². The number of aliphatic carboxylic acids is 1. The molecule has 0 aliphatic rings. The van der Waals surface area contributed by atoms with Crippen LogP contribution in [0, 0.1) is 5.41 Å². The Bertz CT molecular complexity index is 2170. The Labute approximate surface area is 268 Å². The average molecular weight is 634 g/mol. The average Bonchev–Trinajstić information content (AvgIpc) is 3.34. The molecule has 4 aromatic carbocycles. The van der Waals surface area contributed by atoms with Crippen LogP contribution in [0.2, 0.25) is 0 Å². The lowest BCUT2D eigenvalue weighted by atomic mass is 9.89. The van der Waals surface area contributed by atoms with E-state index in [-0.39, 0.29) is 12.2 Å². The van der Waals surface area contributed by atoms with Crippen molar-refractivity contribution in [3.8, 4) is 16.9 Å². The summed E-state index contributed by atoms with van der Waals surface area (Å²) in [6.07, 6.45) is 1.48. The largest absolute Gasteiger partial charge is 0.487 e. The highest BCUT2D eigenvalue weighted by Gasteiger charge is 2.30. The first-order valence-corrected chi connectivity index (χ1v) is 17.1. The predicted molar refractivity (Wildman–Crippen MR) is 180 cm³/mol. The van der Waals surface area contributed by atoms with Crippen LogP contribution >= 0.6 is 0 Å². The van der Waals surface area contributed by atoms with Crippen molar-refractivity contribution in [2.75, 3.05) is 6.26 Å². The van der Waals surface area contributed by atoms with Crippen LogP contribution in [0.25, 0.3) is 33.1 Å². The fourth-order valence-corrected chi connectivity index (χ4v) is 6.29. The molecule has 0 spiro atoms. The highest BCUT2D eigenvalue weighted by molar-refractivity contribution is 7.89. The van der Waals surface area contributed by atoms with E-state index in [1.165, 1.54) is 6.26 Å². The van der Waals surface area contributed by atoms with E-state index < -0.39 is 21.2 Å². The number of hydrogen-bond acceptors (Lipinski definition) is 6. The molecule has 9 heteroatoms. The predicted octanol–water partition coefficient (Wildman–Crippen LogP) is 7.08. The molecule has 0 aliphatic carbocycles. The molecule has 8 nitrogen and oxygen atoms in total. The Morgan fingerprint density at radius 1 is 0.826 bits per heavy atom. The van der Waals surface area contributed by atoms with Gasteiger partial charge in [-0.15, -0.1) is 0 Å². The first kappa shape index (κ1) is 31.0. The number of rotatable bonds is 11. The van der Waals surface area contributed by atoms with Crippen molar-refractivity contribution in [1.29, 1.82) is 0 Å². The zero-order valence-corrected chi connectivity index (χ0v) is 26.8. The fraction of sp³-hybridized carbons (Fsp3) is 0.216. The first-order valence-electron chi connectivity index (χ1n) is 15.0. The van der Waals surface area contributed by atoms with Gasteiger partial charge in [-0.2, -0.15) is 0 Å². The molecule has 234 valence electrons. The van der Waals surface area contributed by atoms with Crippen LogP contribution in [0.5, 0.6) is 5.75 Å². The molecule has 2 heterocycles. The van der Waals surface area contributed by atoms with E-state index in [2.05, 4.69) is 4.57 Å². The van der Waals surface area contributed by atoms with E-state index in [0.717, 1.165) is 49.9 Å². The molecule has 0 radical (unpaired) electrons. The molecule has 0 saturated carbocycles. The van der Waals surface area contributed by atoms with Crippen LogP contribution in [0.1, 0.15) is 36.5 Å². The number of sulfone groups is 1. The number of hydrogen-bond donors (Lipinski definition) is 1. The topological polar surface area (TPSA) is 111 Å². The summed E-state index contributed by atoms with van der Waals surface area (Å²) in [6.45, 7) is 4.21. The molecule has 1 N–H and O–H groups in total. The van der Waals surface area contributed by atoms with Gasteiger partial charge in [-0.25, -0.2) is 18.4 Å². The second-order valence-corrected chi connectivity index (χ2v) is 14.5. The van der Waals surface area contributed by atoms with Gasteiger partial charge in [0.2, 0.25) is 0 Å². The van der Waals surface area contributed by atoms with E-state index in [4.69, 9.17) is 14.7 Å². The van der Waals surface area contributed by atoms with E-state index in [1.54, 1.807) is 13.8 Å². The van der Waals surface area contributed by atoms with Gasteiger partial charge in [0, 0.05) is 30.7 Å². The van der Waals surface area contributed by atoms with Gasteiger partial charge in [-0.05, 0) is 60.4 Å². The number of ether oxygens (including phenoxy) is 1. The summed E-state index contributed by atoms with van der Waals surface area (Å²) >= 11 is 0. The number of para-hydroxylation sites is 1. The lowest BCUT2D eigenvalue weighted by Gasteiger charge is -2.19. The Morgan fingerprint density at radius 2 is 1.61 bits per heavy atom. The van der Waals surface area contributed by atoms with Gasteiger partial charge < -0.3 is 14.4 Å². The van der Waals surface area contributed by atoms with Crippen molar-refractivity contribution in [3.63, 3.8) is 0 Å². The molecule has 2 aromatic heterocycles. The lowest BCUT2D eigenvalue weighted by molar-refractivity contribution is -0.146. The van der Waals surface area contributed by atoms with Crippen LogP contribution in [0.4, 0.5) is 0 Å². The highest BCUT2D eigenvalue weighted by atomic mass is 32.2. The molecule has 46 heavy (non-hydrogen) atoms. The number of fused-ring (bicyclic) bond motifs is 2. The molecule has 0 saturated heterocycles. The van der Waals surface area contributed by atoms with Crippen molar-refractivity contribution in [2.24, 2.45) is 5.41 Å². The van der Waals surface area contributed by atoms with Crippen LogP contribution in [0.3, 0.4) is 0 Å². The number of carboxylic acid groups (broad SMARTS) is 1. The van der Waals surface area contributed by atoms with Gasteiger partial charge in [0.1, 0.15) is 18.2 Å². The Balaban J connectivity index is 1.26. The molecular weight excluding hydrogens is 598 g/mol. The normalized spacial score (nSPS) is 12.1. The minimum absolute atomic E-state index is 0.00478. The molecule has 0 atom stereocenters. The Kier molecular flexibility index (Phi) is 8.35. The van der Waals surface area contributed by atoms with Gasteiger partial charge >= 0.3 is 5.97 Å². The van der Waals surface area contributed by atoms with Gasteiger partial charge in [0.05, 0.1) is 33.4 Å². The zero-order valence-electron chi connectivity index (χ0n) is 26.0. The maximum Gasteiger partial charge on any atom is 0.309 e. The van der Waals surface area contributed by atoms with Crippen molar-refractivity contribution in [2.45, 2.75) is 39.2 Å². The third kappa shape index (κ3) is 7.10. The van der Waals surface area contributed by atoms with Gasteiger partial charge in [0.15, 0.2) is 9.84 Å². The van der Waals surface area contributed by atoms with Gasteiger partial charge in [-0.3, -0.25) is 4.79 Å². The van der Waals surface area contributed by atoms with E-state index in [0.29, 0.717) is 24.7 Å². The Morgan fingerprint density at radius 3 is 2.37 bits per heavy atom. The summed E-state index contributed by atoms with van der Waals surface area (Å²) in [4.78, 5) is 21.6. The third-order valence-electron chi connectivity index (χ3n) is 8.00. The summed E-state index contributed by atoms with van der Waals surface area (Å²) in [5.41, 5.74) is 6.01. The van der Waals surface area contributed by atoms with Crippen molar-refractivity contribution >= 4 is 37.7 Å². The SMILES string of the molecule is CC(C)(Cc1nc2cc(OCc3ccc4ccccc4n3)ccc2n1Cc1ccc(-c2cccc(CS(C)(=O)=O)c2)cc1)C(=O)O. The first-order chi connectivity index (χ1) is 21.9. The number of pyridine rings is 1. The fourth-order valence-electron chi connectivity index (χ4n) is 5.51. The molecule has 0 amide bonds. The Hall–Kier alpha value is -5.02. The number of imidazole rings is 1. The zero-order chi connectivity index (χ0) is 32.5. The summed E-state index contributed by atoms with van der Waals surface area (Å²) in [6, 6.07) is 33.3. The summed E-state index contributed by atoms with van der Waals surface area (Å²) in [5.74, 6) is 0.433. The standard InChI is InChI=1S/C37H35N3O5S/c1-37(2,36(41)42)21-35-39-33-20-31(45-23-30-16-15-28-8-4-5-10-32(28)38-30)17-18-34(33)40(35)22-25-11-13-27(14-12-25)29-9-6-7-26(19-29)24-46(3,43)44/h4-20H,21-24H2,1-3H3,(H,41,42). The van der Waals surface area contributed by atoms with Crippen molar-refractivity contribution < 1.29 is 23.1 Å². The highest BCUT2D eigenvalue weighted by Crippen LogP contribution is 2.29. The van der Waals surface area contributed by atoms with Crippen LogP contribution < -0.4 is 4.74 Å². The second-order valence-electron chi connectivity index (χ2n) is 12.4. The number of nitrogens with zero attached hydrogens (tertiary/aromatic N) is 3. The van der Waals surface area contributed by atoms with Gasteiger partial charge in [-0.1, -0.05) is 72.8 Å². The number of benzene rings is 4. The van der Waals surface area contributed by atoms with E-state index >= 15 is 0 Å². The second kappa shape index (κ2) is 12.4. The lowest BCUT2D eigenvalue weighted by Crippen LogP contribution is -2.27. The smallest absolute Gasteiger partial charge is 0.309 e. The summed E-state index contributed by atoms with van der Waals surface area (Å²) in [5, 5.41) is 10.9. The van der Waals surface area contributed by atoms with Crippen LogP contribution in [-0.4, -0.2) is 40.3 Å². The van der Waals surface area contributed by atoms with Crippen LogP contribution in [0.15, 0.2) is 103 Å². The number of aromatic nitrogens is 3. The number of carbonyl (C=O) groups is 1. The molecule has 0 bridgehead atoms. The third-order valence-corrected chi connectivity index (χ3v) is 8.86.